The first-order valence-corrected chi connectivity index (χ1v) is 18.1. The lowest BCUT2D eigenvalue weighted by atomic mass is 9.74. The van der Waals surface area contributed by atoms with Crippen molar-refractivity contribution in [3.05, 3.63) is 89.0 Å². The molecule has 1 unspecified atom stereocenters. The van der Waals surface area contributed by atoms with E-state index in [1.54, 1.807) is 39.0 Å². The third kappa shape index (κ3) is 7.83. The minimum atomic E-state index is -3.78. The van der Waals surface area contributed by atoms with Gasteiger partial charge in [-0.25, -0.2) is 22.0 Å². The smallest absolute Gasteiger partial charge is 0.408 e. The van der Waals surface area contributed by atoms with Gasteiger partial charge in [-0.15, -0.1) is 0 Å². The van der Waals surface area contributed by atoms with Crippen molar-refractivity contribution >= 4 is 44.5 Å². The Bertz CT molecular complexity index is 2040. The topological polar surface area (TPSA) is 135 Å². The molecule has 1 saturated carbocycles. The van der Waals surface area contributed by atoms with Crippen LogP contribution in [0.15, 0.2) is 65.1 Å². The predicted molar refractivity (Wildman–Crippen MR) is 186 cm³/mol. The molecule has 1 heterocycles. The molecule has 266 valence electrons. The fourth-order valence-corrected chi connectivity index (χ4v) is 7.00. The van der Waals surface area contributed by atoms with E-state index >= 15 is 4.39 Å². The molecule has 1 fully saturated rings. The molecule has 1 aromatic heterocycles. The first-order valence-electron chi connectivity index (χ1n) is 16.3. The summed E-state index contributed by atoms with van der Waals surface area (Å²) < 4.78 is 67.4. The van der Waals surface area contributed by atoms with Crippen molar-refractivity contribution < 1.29 is 40.7 Å². The Hall–Kier alpha value is -4.78. The maximum absolute atomic E-state index is 15.1. The van der Waals surface area contributed by atoms with E-state index < -0.39 is 57.0 Å². The number of alkyl carbamates (subject to hydrolysis) is 1. The molecule has 5 rings (SSSR count). The van der Waals surface area contributed by atoms with Gasteiger partial charge in [0.05, 0.1) is 17.5 Å². The van der Waals surface area contributed by atoms with Gasteiger partial charge in [0, 0.05) is 42.6 Å². The third-order valence-corrected chi connectivity index (χ3v) is 10.1. The zero-order chi connectivity index (χ0) is 36.5. The van der Waals surface area contributed by atoms with Gasteiger partial charge in [0.15, 0.2) is 5.78 Å². The average molecular weight is 710 g/mol. The number of hydrogen-bond acceptors (Lipinski definition) is 7. The maximum atomic E-state index is 15.1. The molecule has 3 aromatic carbocycles. The van der Waals surface area contributed by atoms with Gasteiger partial charge < -0.3 is 19.8 Å². The van der Waals surface area contributed by atoms with Crippen molar-refractivity contribution in [3.63, 3.8) is 0 Å². The van der Waals surface area contributed by atoms with Gasteiger partial charge in [0.25, 0.3) is 5.91 Å². The van der Waals surface area contributed by atoms with E-state index in [0.29, 0.717) is 41.5 Å². The normalized spacial score (nSPS) is 17.2. The second kappa shape index (κ2) is 14.2. The van der Waals surface area contributed by atoms with Crippen LogP contribution in [0.5, 0.6) is 0 Å². The number of nitrogens with one attached hydrogen (secondary N) is 2. The van der Waals surface area contributed by atoms with E-state index in [9.17, 15) is 27.2 Å². The SMILES string of the molecule is CNC(=O)c1c(-c2ccc(F)cc2)oc2cc(N(C)S(C)(=O)=O)c([C@@H]3CCCC(C(=O)[C@H](NC(=O)OC(C)(C)C)c4ccccc4F)C3)cc12. The van der Waals surface area contributed by atoms with Crippen molar-refractivity contribution in [2.45, 2.75) is 64.0 Å². The molecule has 0 spiro atoms. The van der Waals surface area contributed by atoms with Gasteiger partial charge >= 0.3 is 6.09 Å². The number of amides is 2. The number of ether oxygens (including phenoxy) is 1. The first-order chi connectivity index (χ1) is 23.5. The van der Waals surface area contributed by atoms with Crippen LogP contribution in [0.3, 0.4) is 0 Å². The number of rotatable bonds is 9. The second-order valence-electron chi connectivity index (χ2n) is 13.6. The van der Waals surface area contributed by atoms with Crippen LogP contribution in [-0.2, 0) is 19.6 Å². The zero-order valence-electron chi connectivity index (χ0n) is 28.8. The number of fused-ring (bicyclic) bond motifs is 1. The summed E-state index contributed by atoms with van der Waals surface area (Å²) in [5.41, 5.74) is 0.892. The molecule has 13 heteroatoms. The summed E-state index contributed by atoms with van der Waals surface area (Å²) in [6, 6.07) is 13.1. The summed E-state index contributed by atoms with van der Waals surface area (Å²) in [6.07, 6.45) is 2.08. The summed E-state index contributed by atoms with van der Waals surface area (Å²) in [4.78, 5) is 40.4. The summed E-state index contributed by atoms with van der Waals surface area (Å²) in [6.45, 7) is 5.04. The van der Waals surface area contributed by atoms with Gasteiger partial charge in [-0.1, -0.05) is 24.6 Å². The van der Waals surface area contributed by atoms with Crippen LogP contribution in [0.2, 0.25) is 0 Å². The quantitative estimate of drug-likeness (QED) is 0.187. The van der Waals surface area contributed by atoms with E-state index in [0.717, 1.165) is 10.6 Å². The van der Waals surface area contributed by atoms with E-state index in [-0.39, 0.29) is 34.8 Å². The molecule has 0 bridgehead atoms. The Morgan fingerprint density at radius 1 is 1.02 bits per heavy atom. The molecule has 10 nitrogen and oxygen atoms in total. The Labute approximate surface area is 290 Å². The van der Waals surface area contributed by atoms with E-state index in [4.69, 9.17) is 9.15 Å². The number of hydrogen-bond donors (Lipinski definition) is 2. The highest BCUT2D eigenvalue weighted by atomic mass is 32.2. The summed E-state index contributed by atoms with van der Waals surface area (Å²) in [5.74, 6) is -2.82. The molecule has 50 heavy (non-hydrogen) atoms. The molecule has 4 aromatic rings. The highest BCUT2D eigenvalue weighted by molar-refractivity contribution is 7.92. The van der Waals surface area contributed by atoms with Gasteiger partial charge in [0.1, 0.15) is 34.6 Å². The first kappa shape index (κ1) is 36.5. The third-order valence-electron chi connectivity index (χ3n) is 8.91. The standard InChI is InChI=1S/C37H41F2N3O7S/c1-37(2,3)49-36(45)41-32(25-12-7-8-13-28(25)39)33(43)23-11-9-10-22(18-23)26-19-27-30(20-29(26)42(5)50(6,46)47)48-34(31(27)35(44)40-4)21-14-16-24(38)17-15-21/h7-8,12-17,19-20,22-23,32H,9-11,18H2,1-6H3,(H,40,44)(H,41,45)/t22-,23?,32-/m1/s1. The van der Waals surface area contributed by atoms with Crippen molar-refractivity contribution in [2.75, 3.05) is 24.7 Å². The molecule has 0 saturated heterocycles. The Morgan fingerprint density at radius 2 is 1.70 bits per heavy atom. The monoisotopic (exact) mass is 709 g/mol. The van der Waals surface area contributed by atoms with E-state index in [2.05, 4.69) is 10.6 Å². The Balaban J connectivity index is 1.60. The van der Waals surface area contributed by atoms with Crippen molar-refractivity contribution in [2.24, 2.45) is 5.92 Å². The lowest BCUT2D eigenvalue weighted by Gasteiger charge is -2.33. The van der Waals surface area contributed by atoms with Gasteiger partial charge in [-0.3, -0.25) is 13.9 Å². The van der Waals surface area contributed by atoms with Crippen molar-refractivity contribution in [1.82, 2.24) is 10.6 Å². The zero-order valence-corrected chi connectivity index (χ0v) is 29.6. The van der Waals surface area contributed by atoms with Gasteiger partial charge in [-0.05, 0) is 87.9 Å². The number of furan rings is 1. The number of Topliss-reactive ketones (excluding diaryl/α,β-unsaturated/α-hetero) is 1. The van der Waals surface area contributed by atoms with Crippen LogP contribution >= 0.6 is 0 Å². The molecule has 0 aliphatic heterocycles. The fraction of sp³-hybridized carbons (Fsp3) is 0.378. The van der Waals surface area contributed by atoms with Crippen LogP contribution in [0.4, 0.5) is 19.3 Å². The number of nitrogens with zero attached hydrogens (tertiary/aromatic N) is 1. The number of ketones is 1. The summed E-state index contributed by atoms with van der Waals surface area (Å²) in [5, 5.41) is 5.62. The molecule has 0 radical (unpaired) electrons. The van der Waals surface area contributed by atoms with Crippen LogP contribution < -0.4 is 14.9 Å². The number of anilines is 1. The molecular formula is C37H41F2N3O7S. The van der Waals surface area contributed by atoms with Crippen LogP contribution in [0, 0.1) is 17.6 Å². The molecule has 1 aliphatic carbocycles. The fourth-order valence-electron chi connectivity index (χ4n) is 6.49. The van der Waals surface area contributed by atoms with Crippen molar-refractivity contribution in [1.29, 1.82) is 0 Å². The minimum Gasteiger partial charge on any atom is -0.455 e. The number of carbonyl (C=O) groups is 3. The Morgan fingerprint density at radius 3 is 2.32 bits per heavy atom. The molecule has 3 atom stereocenters. The van der Waals surface area contributed by atoms with E-state index in [1.165, 1.54) is 56.6 Å². The van der Waals surface area contributed by atoms with Crippen LogP contribution in [0.1, 0.15) is 79.9 Å². The van der Waals surface area contributed by atoms with Crippen molar-refractivity contribution in [3.8, 4) is 11.3 Å². The number of sulfonamides is 1. The van der Waals surface area contributed by atoms with Gasteiger partial charge in [0.2, 0.25) is 10.0 Å². The highest BCUT2D eigenvalue weighted by Gasteiger charge is 2.37. The second-order valence-corrected chi connectivity index (χ2v) is 15.6. The predicted octanol–water partition coefficient (Wildman–Crippen LogP) is 7.24. The molecule has 2 N–H and O–H groups in total. The summed E-state index contributed by atoms with van der Waals surface area (Å²) >= 11 is 0. The highest BCUT2D eigenvalue weighted by Crippen LogP contribution is 2.45. The van der Waals surface area contributed by atoms with E-state index in [1.807, 2.05) is 0 Å². The van der Waals surface area contributed by atoms with Gasteiger partial charge in [-0.2, -0.15) is 0 Å². The number of halogens is 2. The molecular weight excluding hydrogens is 668 g/mol. The number of carbonyl (C=O) groups excluding carboxylic acids is 3. The number of benzene rings is 3. The molecule has 1 aliphatic rings. The van der Waals surface area contributed by atoms with Crippen LogP contribution in [0.25, 0.3) is 22.3 Å². The maximum Gasteiger partial charge on any atom is 0.408 e. The minimum absolute atomic E-state index is 0.00587. The lowest BCUT2D eigenvalue weighted by Crippen LogP contribution is -2.41. The molecule has 2 amide bonds. The van der Waals surface area contributed by atoms with Crippen LogP contribution in [-0.4, -0.2) is 52.2 Å². The largest absolute Gasteiger partial charge is 0.455 e. The average Bonchev–Trinajstić information content (AvgIpc) is 3.43. The Kier molecular flexibility index (Phi) is 10.4. The lowest BCUT2D eigenvalue weighted by molar-refractivity contribution is -0.126. The summed E-state index contributed by atoms with van der Waals surface area (Å²) in [7, 11) is -0.899.